The molecule has 0 saturated carbocycles. The lowest BCUT2D eigenvalue weighted by Gasteiger charge is -2.08. The molecule has 0 saturated heterocycles. The second kappa shape index (κ2) is 3.96. The zero-order chi connectivity index (χ0) is 10.7. The molecular weight excluding hydrogens is 176 g/mol. The highest BCUT2D eigenvalue weighted by Crippen LogP contribution is 2.18. The van der Waals surface area contributed by atoms with E-state index in [-0.39, 0.29) is 5.91 Å². The van der Waals surface area contributed by atoms with E-state index in [1.165, 1.54) is 6.92 Å². The summed E-state index contributed by atoms with van der Waals surface area (Å²) in [6.45, 7) is 7.04. The quantitative estimate of drug-likeness (QED) is 0.748. The summed E-state index contributed by atoms with van der Waals surface area (Å²) in [5, 5.41) is 2.73. The summed E-state index contributed by atoms with van der Waals surface area (Å²) in [5.41, 5.74) is 8.75. The van der Waals surface area contributed by atoms with Gasteiger partial charge in [0.2, 0.25) is 5.91 Å². The van der Waals surface area contributed by atoms with Crippen LogP contribution in [-0.4, -0.2) is 5.91 Å². The summed E-state index contributed by atoms with van der Waals surface area (Å²) in [6, 6.07) is 5.55. The number of hydrogen-bond donors (Lipinski definition) is 2. The molecule has 14 heavy (non-hydrogen) atoms. The molecule has 1 aromatic rings. The predicted molar refractivity (Wildman–Crippen MR) is 58.7 cm³/mol. The van der Waals surface area contributed by atoms with Gasteiger partial charge in [0, 0.05) is 18.3 Å². The summed E-state index contributed by atoms with van der Waals surface area (Å²) in [4.78, 5) is 10.8. The van der Waals surface area contributed by atoms with E-state index in [9.17, 15) is 4.79 Å². The van der Waals surface area contributed by atoms with Crippen LogP contribution in [-0.2, 0) is 4.79 Å². The zero-order valence-corrected chi connectivity index (χ0v) is 8.42. The fraction of sp³-hybridized carbons (Fsp3) is 0.182. The number of carbonyl (C=O) groups is 1. The van der Waals surface area contributed by atoms with Crippen molar-refractivity contribution in [3.05, 3.63) is 35.9 Å². The lowest BCUT2D eigenvalue weighted by Crippen LogP contribution is -2.07. The van der Waals surface area contributed by atoms with Crippen molar-refractivity contribution < 1.29 is 4.79 Å². The molecule has 0 atom stereocenters. The molecule has 0 aliphatic heterocycles. The van der Waals surface area contributed by atoms with Gasteiger partial charge < -0.3 is 11.1 Å². The van der Waals surface area contributed by atoms with E-state index in [0.29, 0.717) is 5.70 Å². The number of amides is 1. The van der Waals surface area contributed by atoms with E-state index in [1.807, 2.05) is 25.1 Å². The van der Waals surface area contributed by atoms with Gasteiger partial charge in [-0.25, -0.2) is 0 Å². The molecule has 0 heterocycles. The van der Waals surface area contributed by atoms with Crippen LogP contribution in [0.4, 0.5) is 5.69 Å². The minimum absolute atomic E-state index is 0.0765. The van der Waals surface area contributed by atoms with Crippen molar-refractivity contribution in [2.75, 3.05) is 5.32 Å². The first-order chi connectivity index (χ1) is 6.50. The highest BCUT2D eigenvalue weighted by molar-refractivity contribution is 5.89. The molecule has 0 spiro atoms. The Kier molecular flexibility index (Phi) is 2.92. The molecule has 0 aliphatic rings. The maximum Gasteiger partial charge on any atom is 0.221 e. The largest absolute Gasteiger partial charge is 0.399 e. The molecule has 0 aliphatic carbocycles. The van der Waals surface area contributed by atoms with Crippen molar-refractivity contribution >= 4 is 17.3 Å². The maximum atomic E-state index is 10.8. The fourth-order valence-corrected chi connectivity index (χ4v) is 1.19. The first kappa shape index (κ1) is 10.3. The molecule has 0 radical (unpaired) electrons. The van der Waals surface area contributed by atoms with Gasteiger partial charge in [-0.1, -0.05) is 12.6 Å². The molecule has 3 N–H and O–H groups in total. The van der Waals surface area contributed by atoms with Crippen molar-refractivity contribution in [1.29, 1.82) is 0 Å². The molecule has 3 nitrogen and oxygen atoms in total. The van der Waals surface area contributed by atoms with Crippen LogP contribution >= 0.6 is 0 Å². The van der Waals surface area contributed by atoms with Crippen molar-refractivity contribution in [1.82, 2.24) is 0 Å². The van der Waals surface area contributed by atoms with Crippen LogP contribution in [0, 0.1) is 6.92 Å². The highest BCUT2D eigenvalue weighted by Gasteiger charge is 2.01. The van der Waals surface area contributed by atoms with Gasteiger partial charge in [0.1, 0.15) is 0 Å². The van der Waals surface area contributed by atoms with Crippen LogP contribution in [0.3, 0.4) is 0 Å². The van der Waals surface area contributed by atoms with Gasteiger partial charge >= 0.3 is 0 Å². The number of rotatable bonds is 2. The first-order valence-electron chi connectivity index (χ1n) is 4.33. The summed E-state index contributed by atoms with van der Waals surface area (Å²) in [7, 11) is 0. The molecular formula is C11H14N2O. The van der Waals surface area contributed by atoms with E-state index in [4.69, 9.17) is 5.73 Å². The van der Waals surface area contributed by atoms with E-state index in [1.54, 1.807) is 0 Å². The molecule has 0 unspecified atom stereocenters. The summed E-state index contributed by atoms with van der Waals surface area (Å²) in [6.07, 6.45) is 0. The van der Waals surface area contributed by atoms with E-state index in [2.05, 4.69) is 11.9 Å². The van der Waals surface area contributed by atoms with Gasteiger partial charge in [0.05, 0.1) is 0 Å². The third-order valence-electron chi connectivity index (χ3n) is 1.91. The smallest absolute Gasteiger partial charge is 0.221 e. The number of carbonyl (C=O) groups excluding carboxylic acids is 1. The third-order valence-corrected chi connectivity index (χ3v) is 1.91. The molecule has 0 bridgehead atoms. The Morgan fingerprint density at radius 2 is 2.14 bits per heavy atom. The second-order valence-electron chi connectivity index (χ2n) is 3.24. The third kappa shape index (κ3) is 2.36. The Labute approximate surface area is 83.6 Å². The number of nitrogens with two attached hydrogens (primary N) is 1. The minimum Gasteiger partial charge on any atom is -0.399 e. The lowest BCUT2D eigenvalue weighted by atomic mass is 10.1. The number of benzene rings is 1. The van der Waals surface area contributed by atoms with E-state index in [0.717, 1.165) is 16.8 Å². The molecule has 3 heteroatoms. The second-order valence-corrected chi connectivity index (χ2v) is 3.24. The predicted octanol–water partition coefficient (Wildman–Crippen LogP) is 1.88. The highest BCUT2D eigenvalue weighted by atomic mass is 16.1. The number of hydrogen-bond acceptors (Lipinski definition) is 2. The molecule has 1 amide bonds. The number of nitrogens with one attached hydrogen (secondary N) is 1. The van der Waals surface area contributed by atoms with Crippen molar-refractivity contribution in [2.24, 2.45) is 5.73 Å². The van der Waals surface area contributed by atoms with Gasteiger partial charge in [-0.15, -0.1) is 0 Å². The molecule has 1 rings (SSSR count). The van der Waals surface area contributed by atoms with Gasteiger partial charge in [-0.2, -0.15) is 0 Å². The van der Waals surface area contributed by atoms with Gasteiger partial charge in [-0.05, 0) is 30.2 Å². The number of anilines is 1. The van der Waals surface area contributed by atoms with Crippen molar-refractivity contribution in [3.8, 4) is 0 Å². The number of aryl methyl sites for hydroxylation is 1. The van der Waals surface area contributed by atoms with Crippen LogP contribution in [0.5, 0.6) is 0 Å². The molecule has 0 aromatic heterocycles. The van der Waals surface area contributed by atoms with Crippen LogP contribution in [0.15, 0.2) is 24.8 Å². The Morgan fingerprint density at radius 1 is 1.50 bits per heavy atom. The summed E-state index contributed by atoms with van der Waals surface area (Å²) in [5.74, 6) is -0.0765. The van der Waals surface area contributed by atoms with Gasteiger partial charge in [-0.3, -0.25) is 4.79 Å². The normalized spacial score (nSPS) is 9.57. The average Bonchev–Trinajstić information content (AvgIpc) is 2.07. The standard InChI is InChI=1S/C11H14N2O/c1-7-6-10(8(2)12)4-5-11(7)13-9(3)14/h4-6H,2,12H2,1,3H3,(H,13,14). The van der Waals surface area contributed by atoms with Crippen molar-refractivity contribution in [3.63, 3.8) is 0 Å². The Morgan fingerprint density at radius 3 is 2.57 bits per heavy atom. The zero-order valence-electron chi connectivity index (χ0n) is 8.42. The monoisotopic (exact) mass is 190 g/mol. The Bertz CT molecular complexity index is 383. The first-order valence-corrected chi connectivity index (χ1v) is 4.33. The molecule has 74 valence electrons. The maximum absolute atomic E-state index is 10.8. The Hall–Kier alpha value is -1.77. The van der Waals surface area contributed by atoms with E-state index < -0.39 is 0 Å². The minimum atomic E-state index is -0.0765. The van der Waals surface area contributed by atoms with Crippen LogP contribution in [0.1, 0.15) is 18.1 Å². The average molecular weight is 190 g/mol. The molecule has 1 aromatic carbocycles. The van der Waals surface area contributed by atoms with Gasteiger partial charge in [0.25, 0.3) is 0 Å². The lowest BCUT2D eigenvalue weighted by molar-refractivity contribution is -0.114. The summed E-state index contributed by atoms with van der Waals surface area (Å²) >= 11 is 0. The van der Waals surface area contributed by atoms with E-state index >= 15 is 0 Å². The fourth-order valence-electron chi connectivity index (χ4n) is 1.19. The molecule has 0 fully saturated rings. The van der Waals surface area contributed by atoms with Crippen LogP contribution in [0.25, 0.3) is 5.70 Å². The van der Waals surface area contributed by atoms with Gasteiger partial charge in [0.15, 0.2) is 0 Å². The summed E-state index contributed by atoms with van der Waals surface area (Å²) < 4.78 is 0. The Balaban J connectivity index is 3.01. The van der Waals surface area contributed by atoms with Crippen LogP contribution < -0.4 is 11.1 Å². The van der Waals surface area contributed by atoms with Crippen molar-refractivity contribution in [2.45, 2.75) is 13.8 Å². The SMILES string of the molecule is C=C(N)c1ccc(NC(C)=O)c(C)c1. The topological polar surface area (TPSA) is 55.1 Å². The van der Waals surface area contributed by atoms with Crippen LogP contribution in [0.2, 0.25) is 0 Å².